The van der Waals surface area contributed by atoms with E-state index < -0.39 is 0 Å². The fourth-order valence-electron chi connectivity index (χ4n) is 1.43. The minimum atomic E-state index is -0.352. The van der Waals surface area contributed by atoms with Crippen LogP contribution in [0.1, 0.15) is 10.4 Å². The van der Waals surface area contributed by atoms with Crippen molar-refractivity contribution < 1.29 is 9.53 Å². The molecule has 0 saturated heterocycles. The number of nitrogens with one attached hydrogen (secondary N) is 1. The van der Waals surface area contributed by atoms with E-state index in [1.165, 1.54) is 7.11 Å². The van der Waals surface area contributed by atoms with Gasteiger partial charge in [-0.05, 0) is 30.3 Å². The largest absolute Gasteiger partial charge is 0.465 e. The molecule has 1 aromatic carbocycles. The molecule has 4 nitrogen and oxygen atoms in total. The number of anilines is 2. The molecule has 1 aromatic heterocycles. The first-order chi connectivity index (χ1) is 8.29. The smallest absolute Gasteiger partial charge is 0.337 e. The predicted octanol–water partition coefficient (Wildman–Crippen LogP) is 2.61. The Morgan fingerprint density at radius 2 is 2.12 bits per heavy atom. The van der Waals surface area contributed by atoms with Crippen molar-refractivity contribution in [1.29, 1.82) is 0 Å². The van der Waals surface area contributed by atoms with Gasteiger partial charge >= 0.3 is 5.97 Å². The molecule has 0 aliphatic heterocycles. The number of nitrogens with zero attached hydrogens (tertiary/aromatic N) is 1. The average molecular weight is 228 g/mol. The Bertz CT molecular complexity index is 512. The summed E-state index contributed by atoms with van der Waals surface area (Å²) in [5, 5.41) is 3.10. The van der Waals surface area contributed by atoms with Gasteiger partial charge in [-0.15, -0.1) is 0 Å². The van der Waals surface area contributed by atoms with Crippen LogP contribution in [0.15, 0.2) is 48.7 Å². The SMILES string of the molecule is COC(=O)c1cccc(Nc2ccccn2)c1. The van der Waals surface area contributed by atoms with E-state index in [2.05, 4.69) is 15.0 Å². The summed E-state index contributed by atoms with van der Waals surface area (Å²) in [7, 11) is 1.36. The van der Waals surface area contributed by atoms with E-state index in [0.29, 0.717) is 5.56 Å². The van der Waals surface area contributed by atoms with Crippen LogP contribution in [-0.4, -0.2) is 18.1 Å². The molecular formula is C13H12N2O2. The summed E-state index contributed by atoms with van der Waals surface area (Å²) in [6.45, 7) is 0. The summed E-state index contributed by atoms with van der Waals surface area (Å²) >= 11 is 0. The van der Waals surface area contributed by atoms with Crippen LogP contribution in [0, 0.1) is 0 Å². The van der Waals surface area contributed by atoms with E-state index in [-0.39, 0.29) is 5.97 Å². The van der Waals surface area contributed by atoms with Crippen LogP contribution in [0.2, 0.25) is 0 Å². The van der Waals surface area contributed by atoms with Crippen molar-refractivity contribution in [2.24, 2.45) is 0 Å². The Kier molecular flexibility index (Phi) is 3.35. The Hall–Kier alpha value is -2.36. The van der Waals surface area contributed by atoms with E-state index in [1.54, 1.807) is 24.4 Å². The van der Waals surface area contributed by atoms with Crippen LogP contribution in [0.25, 0.3) is 0 Å². The number of aromatic nitrogens is 1. The average Bonchev–Trinajstić information content (AvgIpc) is 2.39. The van der Waals surface area contributed by atoms with Crippen molar-refractivity contribution in [2.75, 3.05) is 12.4 Å². The lowest BCUT2D eigenvalue weighted by Crippen LogP contribution is -2.02. The standard InChI is InChI=1S/C13H12N2O2/c1-17-13(16)10-5-4-6-11(9-10)15-12-7-2-3-8-14-12/h2-9H,1H3,(H,14,15). The zero-order valence-electron chi connectivity index (χ0n) is 9.38. The summed E-state index contributed by atoms with van der Waals surface area (Å²) in [5.74, 6) is 0.379. The topological polar surface area (TPSA) is 51.2 Å². The lowest BCUT2D eigenvalue weighted by molar-refractivity contribution is 0.0601. The zero-order chi connectivity index (χ0) is 12.1. The second-order valence-electron chi connectivity index (χ2n) is 3.41. The maximum absolute atomic E-state index is 11.4. The molecule has 0 saturated carbocycles. The highest BCUT2D eigenvalue weighted by Gasteiger charge is 2.05. The number of carbonyl (C=O) groups excluding carboxylic acids is 1. The zero-order valence-corrected chi connectivity index (χ0v) is 9.38. The first kappa shape index (κ1) is 11.1. The van der Waals surface area contributed by atoms with E-state index >= 15 is 0 Å². The van der Waals surface area contributed by atoms with Gasteiger partial charge in [0.1, 0.15) is 5.82 Å². The third-order valence-corrected chi connectivity index (χ3v) is 2.22. The molecule has 0 aliphatic carbocycles. The van der Waals surface area contributed by atoms with Crippen LogP contribution in [-0.2, 0) is 4.74 Å². The number of pyridine rings is 1. The van der Waals surface area contributed by atoms with Crippen LogP contribution < -0.4 is 5.32 Å². The minimum absolute atomic E-state index is 0.352. The second-order valence-corrected chi connectivity index (χ2v) is 3.41. The number of rotatable bonds is 3. The summed E-state index contributed by atoms with van der Waals surface area (Å²) in [5.41, 5.74) is 1.31. The molecule has 0 bridgehead atoms. The quantitative estimate of drug-likeness (QED) is 0.820. The molecule has 2 rings (SSSR count). The Morgan fingerprint density at radius 1 is 1.24 bits per heavy atom. The third-order valence-electron chi connectivity index (χ3n) is 2.22. The lowest BCUT2D eigenvalue weighted by Gasteiger charge is -2.06. The van der Waals surface area contributed by atoms with Gasteiger partial charge < -0.3 is 10.1 Å². The van der Waals surface area contributed by atoms with Gasteiger partial charge in [0.05, 0.1) is 12.7 Å². The molecule has 86 valence electrons. The second kappa shape index (κ2) is 5.12. The maximum Gasteiger partial charge on any atom is 0.337 e. The van der Waals surface area contributed by atoms with Gasteiger partial charge in [-0.1, -0.05) is 12.1 Å². The first-order valence-electron chi connectivity index (χ1n) is 5.16. The van der Waals surface area contributed by atoms with Gasteiger partial charge in [0.15, 0.2) is 0 Å². The Balaban J connectivity index is 2.20. The van der Waals surface area contributed by atoms with Gasteiger partial charge in [0.25, 0.3) is 0 Å². The number of carbonyl (C=O) groups is 1. The monoisotopic (exact) mass is 228 g/mol. The van der Waals surface area contributed by atoms with Gasteiger partial charge in [0, 0.05) is 11.9 Å². The van der Waals surface area contributed by atoms with Crippen molar-refractivity contribution in [3.63, 3.8) is 0 Å². The molecule has 0 amide bonds. The summed E-state index contributed by atoms with van der Waals surface area (Å²) in [6.07, 6.45) is 1.70. The number of hydrogen-bond acceptors (Lipinski definition) is 4. The normalized spacial score (nSPS) is 9.71. The van der Waals surface area contributed by atoms with Crippen molar-refractivity contribution in [3.8, 4) is 0 Å². The van der Waals surface area contributed by atoms with Crippen LogP contribution in [0.5, 0.6) is 0 Å². The third kappa shape index (κ3) is 2.81. The molecule has 0 atom stereocenters. The van der Waals surface area contributed by atoms with Crippen molar-refractivity contribution in [3.05, 3.63) is 54.2 Å². The first-order valence-corrected chi connectivity index (χ1v) is 5.16. The summed E-state index contributed by atoms with van der Waals surface area (Å²) in [4.78, 5) is 15.5. The fourth-order valence-corrected chi connectivity index (χ4v) is 1.43. The Labute approximate surface area is 99.3 Å². The maximum atomic E-state index is 11.4. The van der Waals surface area contributed by atoms with Crippen molar-refractivity contribution in [1.82, 2.24) is 4.98 Å². The van der Waals surface area contributed by atoms with Crippen LogP contribution in [0.3, 0.4) is 0 Å². The Morgan fingerprint density at radius 3 is 2.82 bits per heavy atom. The summed E-state index contributed by atoms with van der Waals surface area (Å²) in [6, 6.07) is 12.7. The molecular weight excluding hydrogens is 216 g/mol. The molecule has 0 radical (unpaired) electrons. The number of hydrogen-bond donors (Lipinski definition) is 1. The van der Waals surface area contributed by atoms with Crippen molar-refractivity contribution in [2.45, 2.75) is 0 Å². The molecule has 0 aliphatic rings. The van der Waals surface area contributed by atoms with E-state index in [1.807, 2.05) is 24.3 Å². The molecule has 4 heteroatoms. The molecule has 2 aromatic rings. The van der Waals surface area contributed by atoms with E-state index in [4.69, 9.17) is 0 Å². The van der Waals surface area contributed by atoms with Gasteiger partial charge in [-0.3, -0.25) is 0 Å². The van der Waals surface area contributed by atoms with Crippen LogP contribution in [0.4, 0.5) is 11.5 Å². The minimum Gasteiger partial charge on any atom is -0.465 e. The number of methoxy groups -OCH3 is 1. The number of esters is 1. The van der Waals surface area contributed by atoms with Crippen molar-refractivity contribution >= 4 is 17.5 Å². The number of ether oxygens (including phenoxy) is 1. The molecule has 1 N–H and O–H groups in total. The highest BCUT2D eigenvalue weighted by atomic mass is 16.5. The molecule has 17 heavy (non-hydrogen) atoms. The highest BCUT2D eigenvalue weighted by molar-refractivity contribution is 5.90. The number of benzene rings is 1. The molecule has 0 fully saturated rings. The summed E-state index contributed by atoms with van der Waals surface area (Å²) < 4.78 is 4.66. The highest BCUT2D eigenvalue weighted by Crippen LogP contribution is 2.15. The lowest BCUT2D eigenvalue weighted by atomic mass is 10.2. The van der Waals surface area contributed by atoms with Gasteiger partial charge in [-0.2, -0.15) is 0 Å². The van der Waals surface area contributed by atoms with Gasteiger partial charge in [-0.25, -0.2) is 9.78 Å². The molecule has 1 heterocycles. The molecule has 0 unspecified atom stereocenters. The van der Waals surface area contributed by atoms with E-state index in [0.717, 1.165) is 11.5 Å². The predicted molar refractivity (Wildman–Crippen MR) is 65.3 cm³/mol. The van der Waals surface area contributed by atoms with Gasteiger partial charge in [0.2, 0.25) is 0 Å². The molecule has 0 spiro atoms. The van der Waals surface area contributed by atoms with Crippen LogP contribution >= 0.6 is 0 Å². The van der Waals surface area contributed by atoms with E-state index in [9.17, 15) is 4.79 Å². The fraction of sp³-hybridized carbons (Fsp3) is 0.0769.